The van der Waals surface area contributed by atoms with Crippen molar-refractivity contribution in [1.29, 1.82) is 0 Å². The molecule has 1 aliphatic rings. The lowest BCUT2D eigenvalue weighted by Crippen LogP contribution is -2.42. The summed E-state index contributed by atoms with van der Waals surface area (Å²) in [5.41, 5.74) is 1.16. The number of sulfonamides is 1. The molecular formula is C21H26N2O3S. The molecular weight excluding hydrogens is 360 g/mol. The molecule has 0 N–H and O–H groups in total. The highest BCUT2D eigenvalue weighted by atomic mass is 32.2. The second-order valence-electron chi connectivity index (χ2n) is 6.87. The van der Waals surface area contributed by atoms with E-state index < -0.39 is 10.0 Å². The average molecular weight is 387 g/mol. The number of hydrogen-bond acceptors (Lipinski definition) is 3. The molecule has 6 heteroatoms. The molecule has 27 heavy (non-hydrogen) atoms. The van der Waals surface area contributed by atoms with Crippen molar-refractivity contribution in [2.45, 2.75) is 44.0 Å². The number of piperidine rings is 1. The van der Waals surface area contributed by atoms with E-state index in [1.165, 1.54) is 16.4 Å². The minimum absolute atomic E-state index is 0.0263. The maximum absolute atomic E-state index is 13.0. The third-order valence-corrected chi connectivity index (χ3v) is 7.00. The van der Waals surface area contributed by atoms with Gasteiger partial charge < -0.3 is 4.90 Å². The van der Waals surface area contributed by atoms with Gasteiger partial charge in [0, 0.05) is 24.7 Å². The van der Waals surface area contributed by atoms with Crippen molar-refractivity contribution >= 4 is 21.6 Å². The van der Waals surface area contributed by atoms with Gasteiger partial charge in [0.2, 0.25) is 0 Å². The summed E-state index contributed by atoms with van der Waals surface area (Å²) in [4.78, 5) is 14.8. The fourth-order valence-electron chi connectivity index (χ4n) is 3.55. The molecule has 2 aromatic rings. The van der Waals surface area contributed by atoms with Crippen LogP contribution in [0.2, 0.25) is 0 Å². The van der Waals surface area contributed by atoms with Gasteiger partial charge in [-0.1, -0.05) is 18.2 Å². The second-order valence-corrected chi connectivity index (χ2v) is 8.74. The van der Waals surface area contributed by atoms with Crippen molar-refractivity contribution < 1.29 is 13.2 Å². The summed E-state index contributed by atoms with van der Waals surface area (Å²) in [6.45, 7) is 4.96. The lowest BCUT2D eigenvalue weighted by molar-refractivity contribution is 0.0635. The second kappa shape index (κ2) is 8.13. The Morgan fingerprint density at radius 3 is 2.33 bits per heavy atom. The first-order valence-corrected chi connectivity index (χ1v) is 10.9. The van der Waals surface area contributed by atoms with Gasteiger partial charge in [0.1, 0.15) is 0 Å². The van der Waals surface area contributed by atoms with Crippen LogP contribution in [0.1, 0.15) is 43.5 Å². The zero-order valence-electron chi connectivity index (χ0n) is 15.8. The predicted octanol–water partition coefficient (Wildman–Crippen LogP) is 3.92. The zero-order chi connectivity index (χ0) is 19.4. The Hall–Kier alpha value is -2.34. The van der Waals surface area contributed by atoms with Crippen LogP contribution in [0.4, 0.5) is 5.69 Å². The number of carbonyl (C=O) groups is 1. The molecule has 1 amide bonds. The van der Waals surface area contributed by atoms with Gasteiger partial charge in [0.15, 0.2) is 0 Å². The lowest BCUT2D eigenvalue weighted by atomic mass is 10.0. The molecule has 1 aliphatic heterocycles. The van der Waals surface area contributed by atoms with E-state index in [2.05, 4.69) is 6.92 Å². The minimum Gasteiger partial charge on any atom is -0.336 e. The van der Waals surface area contributed by atoms with E-state index >= 15 is 0 Å². The van der Waals surface area contributed by atoms with Crippen LogP contribution in [0.15, 0.2) is 59.5 Å². The summed E-state index contributed by atoms with van der Waals surface area (Å²) < 4.78 is 27.4. The molecule has 0 radical (unpaired) electrons. The first-order valence-electron chi connectivity index (χ1n) is 9.44. The predicted molar refractivity (Wildman–Crippen MR) is 107 cm³/mol. The van der Waals surface area contributed by atoms with Crippen LogP contribution in [0.25, 0.3) is 0 Å². The number of carbonyl (C=O) groups excluding carboxylic acids is 1. The molecule has 0 unspecified atom stereocenters. The number of nitrogens with zero attached hydrogens (tertiary/aromatic N) is 2. The van der Waals surface area contributed by atoms with E-state index in [0.29, 0.717) is 17.8 Å². The SMILES string of the molecule is CCN(c1ccccc1)S(=O)(=O)c1ccc(C(=O)N2CCCC[C@H]2C)cc1. The van der Waals surface area contributed by atoms with Crippen molar-refractivity contribution in [1.82, 2.24) is 4.90 Å². The molecule has 5 nitrogen and oxygen atoms in total. The van der Waals surface area contributed by atoms with Gasteiger partial charge in [0.25, 0.3) is 15.9 Å². The van der Waals surface area contributed by atoms with Gasteiger partial charge in [-0.25, -0.2) is 8.42 Å². The normalized spacial score (nSPS) is 17.6. The average Bonchev–Trinajstić information content (AvgIpc) is 2.69. The van der Waals surface area contributed by atoms with Crippen molar-refractivity contribution in [3.63, 3.8) is 0 Å². The molecule has 0 bridgehead atoms. The Labute approximate surface area is 161 Å². The molecule has 1 atom stereocenters. The van der Waals surface area contributed by atoms with E-state index in [0.717, 1.165) is 25.8 Å². The number of anilines is 1. The molecule has 1 fully saturated rings. The Balaban J connectivity index is 1.84. The number of amides is 1. The summed E-state index contributed by atoms with van der Waals surface area (Å²) in [5.74, 6) is -0.0263. The third-order valence-electron chi connectivity index (χ3n) is 5.08. The molecule has 1 heterocycles. The van der Waals surface area contributed by atoms with Crippen molar-refractivity contribution in [3.8, 4) is 0 Å². The summed E-state index contributed by atoms with van der Waals surface area (Å²) in [7, 11) is -3.67. The third kappa shape index (κ3) is 4.00. The monoisotopic (exact) mass is 386 g/mol. The highest BCUT2D eigenvalue weighted by Gasteiger charge is 2.26. The zero-order valence-corrected chi connectivity index (χ0v) is 16.7. The maximum Gasteiger partial charge on any atom is 0.264 e. The van der Waals surface area contributed by atoms with Crippen LogP contribution in [-0.2, 0) is 10.0 Å². The van der Waals surface area contributed by atoms with E-state index in [1.807, 2.05) is 23.1 Å². The molecule has 0 saturated carbocycles. The number of para-hydroxylation sites is 1. The van der Waals surface area contributed by atoms with Gasteiger partial charge in [-0.2, -0.15) is 0 Å². The van der Waals surface area contributed by atoms with Crippen molar-refractivity contribution in [2.24, 2.45) is 0 Å². The lowest BCUT2D eigenvalue weighted by Gasteiger charge is -2.33. The smallest absolute Gasteiger partial charge is 0.264 e. The standard InChI is InChI=1S/C21H26N2O3S/c1-3-23(19-10-5-4-6-11-19)27(25,26)20-14-12-18(13-15-20)21(24)22-16-8-7-9-17(22)2/h4-6,10-15,17H,3,7-9,16H2,1-2H3/t17-/m1/s1. The Kier molecular flexibility index (Phi) is 5.85. The molecule has 0 aromatic heterocycles. The van der Waals surface area contributed by atoms with Gasteiger partial charge in [-0.3, -0.25) is 9.10 Å². The van der Waals surface area contributed by atoms with E-state index in [9.17, 15) is 13.2 Å². The van der Waals surface area contributed by atoms with Crippen LogP contribution in [0.3, 0.4) is 0 Å². The van der Waals surface area contributed by atoms with Crippen LogP contribution < -0.4 is 4.31 Å². The van der Waals surface area contributed by atoms with Gasteiger partial charge in [-0.15, -0.1) is 0 Å². The Morgan fingerprint density at radius 2 is 1.74 bits per heavy atom. The molecule has 144 valence electrons. The van der Waals surface area contributed by atoms with Crippen LogP contribution in [0.5, 0.6) is 0 Å². The van der Waals surface area contributed by atoms with Crippen LogP contribution in [0, 0.1) is 0 Å². The van der Waals surface area contributed by atoms with Crippen LogP contribution >= 0.6 is 0 Å². The van der Waals surface area contributed by atoms with Gasteiger partial charge in [0.05, 0.1) is 10.6 Å². The summed E-state index contributed by atoms with van der Waals surface area (Å²) >= 11 is 0. The molecule has 2 aromatic carbocycles. The first kappa shape index (κ1) is 19.4. The van der Waals surface area contributed by atoms with Gasteiger partial charge >= 0.3 is 0 Å². The van der Waals surface area contributed by atoms with E-state index in [1.54, 1.807) is 31.2 Å². The molecule has 1 saturated heterocycles. The Bertz CT molecular complexity index is 879. The van der Waals surface area contributed by atoms with Crippen LogP contribution in [-0.4, -0.2) is 38.4 Å². The highest BCUT2D eigenvalue weighted by molar-refractivity contribution is 7.92. The largest absolute Gasteiger partial charge is 0.336 e. The summed E-state index contributed by atoms with van der Waals surface area (Å²) in [6, 6.07) is 15.6. The van der Waals surface area contributed by atoms with E-state index in [4.69, 9.17) is 0 Å². The van der Waals surface area contributed by atoms with Crippen molar-refractivity contribution in [2.75, 3.05) is 17.4 Å². The number of benzene rings is 2. The van der Waals surface area contributed by atoms with E-state index in [-0.39, 0.29) is 16.8 Å². The number of hydrogen-bond donors (Lipinski definition) is 0. The fraction of sp³-hybridized carbons (Fsp3) is 0.381. The topological polar surface area (TPSA) is 57.7 Å². The number of likely N-dealkylation sites (tertiary alicyclic amines) is 1. The molecule has 3 rings (SSSR count). The fourth-order valence-corrected chi connectivity index (χ4v) is 5.02. The minimum atomic E-state index is -3.67. The van der Waals surface area contributed by atoms with Crippen molar-refractivity contribution in [3.05, 3.63) is 60.2 Å². The Morgan fingerprint density at radius 1 is 1.07 bits per heavy atom. The molecule has 0 aliphatic carbocycles. The quantitative estimate of drug-likeness (QED) is 0.783. The summed E-state index contributed by atoms with van der Waals surface area (Å²) in [6.07, 6.45) is 3.18. The molecule has 0 spiro atoms. The highest BCUT2D eigenvalue weighted by Crippen LogP contribution is 2.24. The maximum atomic E-state index is 13.0. The first-order chi connectivity index (χ1) is 12.9. The van der Waals surface area contributed by atoms with Gasteiger partial charge in [-0.05, 0) is 69.5 Å². The summed E-state index contributed by atoms with van der Waals surface area (Å²) in [5, 5.41) is 0. The number of rotatable bonds is 5.